The number of likely N-dealkylation sites (N-methyl/N-ethyl adjacent to an activating group) is 1. The lowest BCUT2D eigenvalue weighted by molar-refractivity contribution is -0.131. The second kappa shape index (κ2) is 11.9. The topological polar surface area (TPSA) is 107 Å². The number of hydrogen-bond acceptors (Lipinski definition) is 6. The highest BCUT2D eigenvalue weighted by molar-refractivity contribution is 5.99. The molecule has 1 fully saturated rings. The third-order valence-corrected chi connectivity index (χ3v) is 6.97. The molecule has 2 amide bonds. The highest BCUT2D eigenvalue weighted by Crippen LogP contribution is 2.31. The maximum atomic E-state index is 13.5. The minimum atomic E-state index is -0.526. The normalized spacial score (nSPS) is 15.4. The molecule has 0 radical (unpaired) electrons. The molecule has 1 unspecified atom stereocenters. The number of anilines is 1. The Kier molecular flexibility index (Phi) is 8.43. The van der Waals surface area contributed by atoms with Crippen LogP contribution in [0.15, 0.2) is 48.5 Å². The maximum absolute atomic E-state index is 13.5. The van der Waals surface area contributed by atoms with Crippen LogP contribution in [0.2, 0.25) is 0 Å². The van der Waals surface area contributed by atoms with Crippen LogP contribution >= 0.6 is 0 Å². The summed E-state index contributed by atoms with van der Waals surface area (Å²) in [5.74, 6) is 0.480. The van der Waals surface area contributed by atoms with Crippen LogP contribution in [0, 0.1) is 5.92 Å². The highest BCUT2D eigenvalue weighted by atomic mass is 16.2. The number of nitrogens with zero attached hydrogens (tertiary/aromatic N) is 5. The van der Waals surface area contributed by atoms with E-state index in [0.29, 0.717) is 12.2 Å². The van der Waals surface area contributed by atoms with E-state index in [4.69, 9.17) is 0 Å². The van der Waals surface area contributed by atoms with Crippen LogP contribution in [0.1, 0.15) is 39.0 Å². The van der Waals surface area contributed by atoms with Gasteiger partial charge in [-0.25, -0.2) is 5.10 Å². The Bertz CT molecular complexity index is 1140. The Labute approximate surface area is 212 Å². The first-order valence-electron chi connectivity index (χ1n) is 12.7. The van der Waals surface area contributed by atoms with Gasteiger partial charge in [-0.15, -0.1) is 5.10 Å². The molecule has 9 nitrogen and oxygen atoms in total. The Morgan fingerprint density at radius 2 is 1.81 bits per heavy atom. The van der Waals surface area contributed by atoms with E-state index in [9.17, 15) is 9.59 Å². The molecule has 0 saturated carbocycles. The minimum Gasteiger partial charge on any atom is -0.344 e. The minimum absolute atomic E-state index is 0.000172. The molecule has 2 N–H and O–H groups in total. The zero-order valence-electron chi connectivity index (χ0n) is 21.3. The third-order valence-electron chi connectivity index (χ3n) is 6.97. The summed E-state index contributed by atoms with van der Waals surface area (Å²) in [6.07, 6.45) is 4.14. The smallest absolute Gasteiger partial charge is 0.249 e. The van der Waals surface area contributed by atoms with Gasteiger partial charge in [-0.3, -0.25) is 9.59 Å². The molecule has 2 aromatic carbocycles. The SMILES string of the molecule is CCCCC(NC(=O)C1CCN(C)CC1)C(=O)N(C)c1ccc(-c2ccccc2-c2nnn[nH]2)cc1. The number of tetrazole rings is 1. The van der Waals surface area contributed by atoms with Gasteiger partial charge in [0, 0.05) is 24.2 Å². The van der Waals surface area contributed by atoms with E-state index in [0.717, 1.165) is 61.2 Å². The number of unbranched alkanes of at least 4 members (excludes halogenated alkanes) is 1. The van der Waals surface area contributed by atoms with E-state index < -0.39 is 6.04 Å². The van der Waals surface area contributed by atoms with Crippen molar-refractivity contribution in [3.63, 3.8) is 0 Å². The molecule has 4 rings (SSSR count). The van der Waals surface area contributed by atoms with Crippen LogP contribution in [0.25, 0.3) is 22.5 Å². The molecule has 2 heterocycles. The van der Waals surface area contributed by atoms with Gasteiger partial charge in [-0.05, 0) is 73.1 Å². The Morgan fingerprint density at radius 3 is 2.44 bits per heavy atom. The van der Waals surface area contributed by atoms with E-state index in [2.05, 4.69) is 44.8 Å². The van der Waals surface area contributed by atoms with E-state index in [-0.39, 0.29) is 17.7 Å². The fraction of sp³-hybridized carbons (Fsp3) is 0.444. The van der Waals surface area contributed by atoms with E-state index >= 15 is 0 Å². The average Bonchev–Trinajstić information content (AvgIpc) is 3.45. The molecular weight excluding hydrogens is 454 g/mol. The zero-order valence-corrected chi connectivity index (χ0v) is 21.3. The van der Waals surface area contributed by atoms with Crippen molar-refractivity contribution in [1.29, 1.82) is 0 Å². The number of aromatic amines is 1. The van der Waals surface area contributed by atoms with Gasteiger partial charge in [-0.2, -0.15) is 0 Å². The maximum Gasteiger partial charge on any atom is 0.249 e. The van der Waals surface area contributed by atoms with Crippen molar-refractivity contribution in [1.82, 2.24) is 30.8 Å². The number of amides is 2. The predicted octanol–water partition coefficient (Wildman–Crippen LogP) is 3.51. The van der Waals surface area contributed by atoms with Crippen LogP contribution < -0.4 is 10.2 Å². The van der Waals surface area contributed by atoms with E-state index in [1.165, 1.54) is 0 Å². The first-order chi connectivity index (χ1) is 17.5. The number of piperidine rings is 1. The van der Waals surface area contributed by atoms with Crippen molar-refractivity contribution >= 4 is 17.5 Å². The standard InChI is InChI=1S/C27H35N7O2/c1-4-5-10-24(28-26(35)20-15-17-33(2)18-16-20)27(36)34(3)21-13-11-19(12-14-21)22-8-6-7-9-23(22)25-29-31-32-30-25/h6-9,11-14,20,24H,4-5,10,15-18H2,1-3H3,(H,28,35)(H,29,30,31,32). The molecule has 1 atom stereocenters. The van der Waals surface area contributed by atoms with Gasteiger partial charge in [-0.1, -0.05) is 56.2 Å². The van der Waals surface area contributed by atoms with Gasteiger partial charge in [0.25, 0.3) is 0 Å². The Morgan fingerprint density at radius 1 is 1.11 bits per heavy atom. The summed E-state index contributed by atoms with van der Waals surface area (Å²) < 4.78 is 0. The number of hydrogen-bond donors (Lipinski definition) is 2. The number of carbonyl (C=O) groups excluding carboxylic acids is 2. The fourth-order valence-electron chi connectivity index (χ4n) is 4.67. The second-order valence-electron chi connectivity index (χ2n) is 9.52. The lowest BCUT2D eigenvalue weighted by atomic mass is 9.95. The van der Waals surface area contributed by atoms with Gasteiger partial charge >= 0.3 is 0 Å². The zero-order chi connectivity index (χ0) is 25.5. The predicted molar refractivity (Wildman–Crippen MR) is 140 cm³/mol. The van der Waals surface area contributed by atoms with Gasteiger partial charge < -0.3 is 15.1 Å². The van der Waals surface area contributed by atoms with Gasteiger partial charge in [0.1, 0.15) is 6.04 Å². The van der Waals surface area contributed by atoms with Crippen LogP contribution in [-0.2, 0) is 9.59 Å². The molecule has 0 spiro atoms. The summed E-state index contributed by atoms with van der Waals surface area (Å²) in [7, 11) is 3.85. The summed E-state index contributed by atoms with van der Waals surface area (Å²) in [5, 5.41) is 17.3. The number of nitrogens with one attached hydrogen (secondary N) is 2. The summed E-state index contributed by atoms with van der Waals surface area (Å²) >= 11 is 0. The van der Waals surface area contributed by atoms with Crippen molar-refractivity contribution in [3.05, 3.63) is 48.5 Å². The van der Waals surface area contributed by atoms with Crippen LogP contribution in [0.4, 0.5) is 5.69 Å². The van der Waals surface area contributed by atoms with Gasteiger partial charge in [0.05, 0.1) is 0 Å². The molecule has 0 bridgehead atoms. The number of likely N-dealkylation sites (tertiary alicyclic amines) is 1. The first kappa shape index (κ1) is 25.5. The molecular formula is C27H35N7O2. The number of benzene rings is 2. The lowest BCUT2D eigenvalue weighted by Crippen LogP contribution is -2.50. The largest absolute Gasteiger partial charge is 0.344 e. The molecule has 1 aromatic heterocycles. The van der Waals surface area contributed by atoms with Crippen molar-refractivity contribution in [2.45, 2.75) is 45.1 Å². The van der Waals surface area contributed by atoms with Crippen molar-refractivity contribution < 1.29 is 9.59 Å². The van der Waals surface area contributed by atoms with Gasteiger partial charge in [0.2, 0.25) is 11.8 Å². The molecule has 1 aliphatic heterocycles. The molecule has 9 heteroatoms. The van der Waals surface area contributed by atoms with Crippen molar-refractivity contribution in [2.75, 3.05) is 32.1 Å². The van der Waals surface area contributed by atoms with Crippen molar-refractivity contribution in [2.24, 2.45) is 5.92 Å². The van der Waals surface area contributed by atoms with Crippen LogP contribution in [-0.4, -0.2) is 70.6 Å². The number of rotatable bonds is 9. The van der Waals surface area contributed by atoms with E-state index in [1.807, 2.05) is 48.5 Å². The molecule has 3 aromatic rings. The highest BCUT2D eigenvalue weighted by Gasteiger charge is 2.29. The molecule has 0 aliphatic carbocycles. The summed E-state index contributed by atoms with van der Waals surface area (Å²) in [4.78, 5) is 30.3. The first-order valence-corrected chi connectivity index (χ1v) is 12.7. The Balaban J connectivity index is 1.48. The average molecular weight is 490 g/mol. The quantitative estimate of drug-likeness (QED) is 0.476. The van der Waals surface area contributed by atoms with Gasteiger partial charge in [0.15, 0.2) is 5.82 Å². The summed E-state index contributed by atoms with van der Waals surface area (Å²) in [6, 6.07) is 15.2. The van der Waals surface area contributed by atoms with Crippen LogP contribution in [0.3, 0.4) is 0 Å². The monoisotopic (exact) mass is 489 g/mol. The molecule has 36 heavy (non-hydrogen) atoms. The van der Waals surface area contributed by atoms with E-state index in [1.54, 1.807) is 11.9 Å². The number of H-pyrrole nitrogens is 1. The van der Waals surface area contributed by atoms with Crippen molar-refractivity contribution in [3.8, 4) is 22.5 Å². The Hall–Kier alpha value is -3.59. The van der Waals surface area contributed by atoms with Crippen LogP contribution in [0.5, 0.6) is 0 Å². The lowest BCUT2D eigenvalue weighted by Gasteiger charge is -2.30. The molecule has 1 aliphatic rings. The summed E-state index contributed by atoms with van der Waals surface area (Å²) in [6.45, 7) is 3.91. The third kappa shape index (κ3) is 5.96. The summed E-state index contributed by atoms with van der Waals surface area (Å²) in [5.41, 5.74) is 3.65. The fourth-order valence-corrected chi connectivity index (χ4v) is 4.67. The molecule has 190 valence electrons. The number of carbonyl (C=O) groups is 2. The second-order valence-corrected chi connectivity index (χ2v) is 9.52. The molecule has 1 saturated heterocycles. The number of aromatic nitrogens is 4.